The number of hydrogen-bond acceptors (Lipinski definition) is 3. The fourth-order valence-corrected chi connectivity index (χ4v) is 2.83. The third-order valence-corrected chi connectivity index (χ3v) is 4.01. The molecule has 0 aliphatic carbocycles. The van der Waals surface area contributed by atoms with Crippen molar-refractivity contribution >= 4 is 5.91 Å². The Hall–Kier alpha value is -0.610. The minimum absolute atomic E-state index is 0.322. The Morgan fingerprint density at radius 2 is 2.06 bits per heavy atom. The Bertz CT molecular complexity index is 251. The number of nitrogens with zero attached hydrogens (tertiary/aromatic N) is 2. The van der Waals surface area contributed by atoms with Crippen LogP contribution in [0.5, 0.6) is 0 Å². The lowest BCUT2D eigenvalue weighted by atomic mass is 9.96. The molecule has 17 heavy (non-hydrogen) atoms. The first-order valence-electron chi connectivity index (χ1n) is 7.00. The average molecular weight is 239 g/mol. The van der Waals surface area contributed by atoms with Crippen molar-refractivity contribution in [1.29, 1.82) is 0 Å². The third kappa shape index (κ3) is 3.68. The molecule has 1 N–H and O–H groups in total. The van der Waals surface area contributed by atoms with E-state index in [0.717, 1.165) is 45.2 Å². The van der Waals surface area contributed by atoms with Gasteiger partial charge < -0.3 is 10.2 Å². The molecule has 0 aromatic carbocycles. The van der Waals surface area contributed by atoms with Crippen LogP contribution < -0.4 is 5.32 Å². The fourth-order valence-electron chi connectivity index (χ4n) is 2.83. The smallest absolute Gasteiger partial charge is 0.236 e. The van der Waals surface area contributed by atoms with Gasteiger partial charge in [0.05, 0.1) is 6.54 Å². The number of carbonyl (C=O) groups excluding carboxylic acids is 1. The normalized spacial score (nSPS) is 27.1. The molecule has 2 aliphatic heterocycles. The molecule has 2 heterocycles. The molecule has 98 valence electrons. The second kappa shape index (κ2) is 6.36. The summed E-state index contributed by atoms with van der Waals surface area (Å²) in [4.78, 5) is 16.5. The second-order valence-corrected chi connectivity index (χ2v) is 5.28. The van der Waals surface area contributed by atoms with Crippen LogP contribution in [-0.4, -0.2) is 61.5 Å². The van der Waals surface area contributed by atoms with E-state index in [1.165, 1.54) is 19.3 Å². The van der Waals surface area contributed by atoms with Gasteiger partial charge in [-0.3, -0.25) is 9.69 Å². The molecule has 2 rings (SSSR count). The number of nitrogens with one attached hydrogen (secondary N) is 1. The van der Waals surface area contributed by atoms with Crippen LogP contribution in [0, 0.1) is 5.92 Å². The van der Waals surface area contributed by atoms with E-state index in [1.807, 2.05) is 4.90 Å². The quantitative estimate of drug-likeness (QED) is 0.781. The van der Waals surface area contributed by atoms with Crippen molar-refractivity contribution in [2.45, 2.75) is 26.2 Å². The number of amides is 1. The summed E-state index contributed by atoms with van der Waals surface area (Å²) in [5, 5.41) is 3.28. The molecule has 0 radical (unpaired) electrons. The van der Waals surface area contributed by atoms with E-state index < -0.39 is 0 Å². The first-order valence-corrected chi connectivity index (χ1v) is 7.00. The Morgan fingerprint density at radius 3 is 2.76 bits per heavy atom. The third-order valence-electron chi connectivity index (χ3n) is 4.01. The molecule has 2 fully saturated rings. The fraction of sp³-hybridized carbons (Fsp3) is 0.923. The summed E-state index contributed by atoms with van der Waals surface area (Å²) in [6, 6.07) is 0. The van der Waals surface area contributed by atoms with Crippen LogP contribution in [0.2, 0.25) is 0 Å². The van der Waals surface area contributed by atoms with Gasteiger partial charge >= 0.3 is 0 Å². The standard InChI is InChI=1S/C13H25N3O/c1-2-12-4-3-7-15(10-12)11-13(17)16-8-5-14-6-9-16/h12,14H,2-11H2,1H3. The van der Waals surface area contributed by atoms with Crippen molar-refractivity contribution in [1.82, 2.24) is 15.1 Å². The molecule has 0 spiro atoms. The second-order valence-electron chi connectivity index (χ2n) is 5.28. The van der Waals surface area contributed by atoms with E-state index in [-0.39, 0.29) is 0 Å². The van der Waals surface area contributed by atoms with Gasteiger partial charge in [-0.25, -0.2) is 0 Å². The highest BCUT2D eigenvalue weighted by molar-refractivity contribution is 5.78. The molecule has 1 unspecified atom stereocenters. The highest BCUT2D eigenvalue weighted by Crippen LogP contribution is 2.18. The Balaban J connectivity index is 1.77. The molecular weight excluding hydrogens is 214 g/mol. The van der Waals surface area contributed by atoms with Gasteiger partial charge in [0.2, 0.25) is 5.91 Å². The lowest BCUT2D eigenvalue weighted by Crippen LogP contribution is -2.50. The molecule has 2 aliphatic rings. The zero-order valence-corrected chi connectivity index (χ0v) is 11.0. The lowest BCUT2D eigenvalue weighted by molar-refractivity contribution is -0.133. The van der Waals surface area contributed by atoms with Gasteiger partial charge in [-0.15, -0.1) is 0 Å². The molecule has 1 atom stereocenters. The predicted octanol–water partition coefficient (Wildman–Crippen LogP) is 0.540. The van der Waals surface area contributed by atoms with Crippen LogP contribution in [0.4, 0.5) is 0 Å². The van der Waals surface area contributed by atoms with Crippen LogP contribution in [0.25, 0.3) is 0 Å². The summed E-state index contributed by atoms with van der Waals surface area (Å²) in [6.45, 7) is 8.77. The molecule has 1 amide bonds. The summed E-state index contributed by atoms with van der Waals surface area (Å²) in [6.07, 6.45) is 3.85. The molecule has 0 aromatic rings. The van der Waals surface area contributed by atoms with E-state index in [9.17, 15) is 4.79 Å². The summed E-state index contributed by atoms with van der Waals surface area (Å²) >= 11 is 0. The zero-order chi connectivity index (χ0) is 12.1. The minimum Gasteiger partial charge on any atom is -0.339 e. The first-order chi connectivity index (χ1) is 8.29. The molecule has 0 bridgehead atoms. The van der Waals surface area contributed by atoms with Crippen LogP contribution >= 0.6 is 0 Å². The van der Waals surface area contributed by atoms with E-state index in [2.05, 4.69) is 17.1 Å². The SMILES string of the molecule is CCC1CCCN(CC(=O)N2CCNCC2)C1. The number of rotatable bonds is 3. The monoisotopic (exact) mass is 239 g/mol. The molecule has 0 saturated carbocycles. The van der Waals surface area contributed by atoms with Crippen molar-refractivity contribution in [2.24, 2.45) is 5.92 Å². The number of likely N-dealkylation sites (tertiary alicyclic amines) is 1. The van der Waals surface area contributed by atoms with Crippen LogP contribution in [0.15, 0.2) is 0 Å². The number of piperidine rings is 1. The van der Waals surface area contributed by atoms with Gasteiger partial charge in [0, 0.05) is 32.7 Å². The Labute approximate surface area is 104 Å². The lowest BCUT2D eigenvalue weighted by Gasteiger charge is -2.34. The summed E-state index contributed by atoms with van der Waals surface area (Å²) in [5.41, 5.74) is 0. The largest absolute Gasteiger partial charge is 0.339 e. The summed E-state index contributed by atoms with van der Waals surface area (Å²) < 4.78 is 0. The molecule has 0 aromatic heterocycles. The van der Waals surface area contributed by atoms with Gasteiger partial charge in [-0.1, -0.05) is 13.3 Å². The van der Waals surface area contributed by atoms with Gasteiger partial charge in [0.1, 0.15) is 0 Å². The highest BCUT2D eigenvalue weighted by Gasteiger charge is 2.23. The van der Waals surface area contributed by atoms with Crippen molar-refractivity contribution in [2.75, 3.05) is 45.8 Å². The predicted molar refractivity (Wildman–Crippen MR) is 68.9 cm³/mol. The first kappa shape index (κ1) is 12.8. The number of carbonyl (C=O) groups is 1. The van der Waals surface area contributed by atoms with Gasteiger partial charge in [0.25, 0.3) is 0 Å². The maximum Gasteiger partial charge on any atom is 0.236 e. The molecule has 2 saturated heterocycles. The van der Waals surface area contributed by atoms with E-state index in [1.54, 1.807) is 0 Å². The van der Waals surface area contributed by atoms with Crippen molar-refractivity contribution in [3.05, 3.63) is 0 Å². The minimum atomic E-state index is 0.322. The molecule has 4 heteroatoms. The number of hydrogen-bond donors (Lipinski definition) is 1. The van der Waals surface area contributed by atoms with Crippen molar-refractivity contribution in [3.63, 3.8) is 0 Å². The number of piperazine rings is 1. The van der Waals surface area contributed by atoms with Crippen LogP contribution in [-0.2, 0) is 4.79 Å². The van der Waals surface area contributed by atoms with Crippen LogP contribution in [0.1, 0.15) is 26.2 Å². The Kier molecular flexibility index (Phi) is 4.80. The van der Waals surface area contributed by atoms with Crippen LogP contribution in [0.3, 0.4) is 0 Å². The Morgan fingerprint density at radius 1 is 1.29 bits per heavy atom. The maximum atomic E-state index is 12.1. The van der Waals surface area contributed by atoms with E-state index >= 15 is 0 Å². The van der Waals surface area contributed by atoms with Gasteiger partial charge in [0.15, 0.2) is 0 Å². The zero-order valence-electron chi connectivity index (χ0n) is 11.0. The molecular formula is C13H25N3O. The van der Waals surface area contributed by atoms with E-state index in [4.69, 9.17) is 0 Å². The van der Waals surface area contributed by atoms with Gasteiger partial charge in [-0.05, 0) is 25.3 Å². The topological polar surface area (TPSA) is 35.6 Å². The van der Waals surface area contributed by atoms with Crippen molar-refractivity contribution in [3.8, 4) is 0 Å². The maximum absolute atomic E-state index is 12.1. The summed E-state index contributed by atoms with van der Waals surface area (Å²) in [7, 11) is 0. The average Bonchev–Trinajstić information content (AvgIpc) is 2.40. The highest BCUT2D eigenvalue weighted by atomic mass is 16.2. The van der Waals surface area contributed by atoms with Crippen molar-refractivity contribution < 1.29 is 4.79 Å². The van der Waals surface area contributed by atoms with Gasteiger partial charge in [-0.2, -0.15) is 0 Å². The van der Waals surface area contributed by atoms with E-state index in [0.29, 0.717) is 12.5 Å². The summed E-state index contributed by atoms with van der Waals surface area (Å²) in [5.74, 6) is 1.13. The molecule has 4 nitrogen and oxygen atoms in total.